The maximum atomic E-state index is 12.8. The minimum absolute atomic E-state index is 0.108. The SMILES string of the molecule is C/C=C(\C)C(=O)O[C@H]1CC[C@@H]2Cc3occ(C)c3[C@@H](OC(=O)/C(C)=C/C)[C@]2(C)[C@H]1C(=O)O. The lowest BCUT2D eigenvalue weighted by Crippen LogP contribution is -2.56. The van der Waals surface area contributed by atoms with E-state index in [9.17, 15) is 19.5 Å². The summed E-state index contributed by atoms with van der Waals surface area (Å²) in [6, 6.07) is 0. The van der Waals surface area contributed by atoms with Gasteiger partial charge in [0, 0.05) is 28.5 Å². The fourth-order valence-electron chi connectivity index (χ4n) is 5.15. The van der Waals surface area contributed by atoms with E-state index in [-0.39, 0.29) is 5.92 Å². The van der Waals surface area contributed by atoms with Crippen LogP contribution in [-0.4, -0.2) is 29.1 Å². The van der Waals surface area contributed by atoms with Gasteiger partial charge in [-0.15, -0.1) is 0 Å². The van der Waals surface area contributed by atoms with E-state index in [0.717, 1.165) is 16.9 Å². The van der Waals surface area contributed by atoms with Gasteiger partial charge in [0.15, 0.2) is 0 Å². The number of carbonyl (C=O) groups is 3. The van der Waals surface area contributed by atoms with Crippen molar-refractivity contribution in [1.29, 1.82) is 0 Å². The van der Waals surface area contributed by atoms with E-state index >= 15 is 0 Å². The van der Waals surface area contributed by atoms with Crippen LogP contribution in [-0.2, 0) is 30.3 Å². The largest absolute Gasteiger partial charge is 0.481 e. The molecule has 2 aliphatic carbocycles. The molecule has 0 unspecified atom stereocenters. The number of carbonyl (C=O) groups excluding carboxylic acids is 2. The Morgan fingerprint density at radius 3 is 2.25 bits per heavy atom. The first-order valence-corrected chi connectivity index (χ1v) is 11.0. The van der Waals surface area contributed by atoms with Crippen molar-refractivity contribution in [2.45, 2.75) is 73.0 Å². The molecule has 3 rings (SSSR count). The van der Waals surface area contributed by atoms with Crippen molar-refractivity contribution in [1.82, 2.24) is 0 Å². The van der Waals surface area contributed by atoms with Crippen molar-refractivity contribution in [3.8, 4) is 0 Å². The first kappa shape index (κ1) is 23.8. The summed E-state index contributed by atoms with van der Waals surface area (Å²) in [5.41, 5.74) is 1.41. The number of carboxylic acid groups (broad SMARTS) is 1. The summed E-state index contributed by atoms with van der Waals surface area (Å²) in [6.07, 6.45) is 4.86. The molecule has 7 heteroatoms. The van der Waals surface area contributed by atoms with Crippen LogP contribution in [0.1, 0.15) is 70.5 Å². The second kappa shape index (κ2) is 8.96. The first-order chi connectivity index (χ1) is 15.1. The van der Waals surface area contributed by atoms with Crippen molar-refractivity contribution in [2.24, 2.45) is 17.3 Å². The van der Waals surface area contributed by atoms with Gasteiger partial charge in [-0.2, -0.15) is 0 Å². The molecule has 32 heavy (non-hydrogen) atoms. The Labute approximate surface area is 188 Å². The second-order valence-electron chi connectivity index (χ2n) is 9.09. The standard InChI is InChI=1S/C25H32O7/c1-7-13(3)23(28)31-17-10-9-16-11-18-19(15(5)12-30-18)21(32-24(29)14(4)8-2)25(16,6)20(17)22(26)27/h7-8,12,16-17,20-21H,9-11H2,1-6H3,(H,26,27)/b13-7+,14-8+/t16-,17+,20-,21-,25+/m1/s1. The summed E-state index contributed by atoms with van der Waals surface area (Å²) >= 11 is 0. The molecule has 0 aromatic carbocycles. The third-order valence-corrected chi connectivity index (χ3v) is 7.34. The van der Waals surface area contributed by atoms with Crippen LogP contribution in [0.5, 0.6) is 0 Å². The Balaban J connectivity index is 2.10. The lowest BCUT2D eigenvalue weighted by atomic mass is 9.53. The number of fused-ring (bicyclic) bond motifs is 2. The second-order valence-corrected chi connectivity index (χ2v) is 9.09. The van der Waals surface area contributed by atoms with E-state index in [1.807, 2.05) is 13.8 Å². The van der Waals surface area contributed by atoms with Gasteiger partial charge >= 0.3 is 17.9 Å². The maximum absolute atomic E-state index is 12.8. The Morgan fingerprint density at radius 2 is 1.69 bits per heavy atom. The molecule has 0 spiro atoms. The van der Waals surface area contributed by atoms with Crippen LogP contribution in [0.3, 0.4) is 0 Å². The average Bonchev–Trinajstić information content (AvgIpc) is 3.12. The number of allylic oxidation sites excluding steroid dienone is 2. The average molecular weight is 445 g/mol. The molecule has 5 atom stereocenters. The van der Waals surface area contributed by atoms with Crippen molar-refractivity contribution < 1.29 is 33.4 Å². The Morgan fingerprint density at radius 1 is 1.09 bits per heavy atom. The predicted molar refractivity (Wildman–Crippen MR) is 117 cm³/mol. The van der Waals surface area contributed by atoms with E-state index in [4.69, 9.17) is 13.9 Å². The summed E-state index contributed by atoms with van der Waals surface area (Å²) in [6.45, 7) is 10.5. The molecule has 1 saturated carbocycles. The fraction of sp³-hybridized carbons (Fsp3) is 0.560. The lowest BCUT2D eigenvalue weighted by Gasteiger charge is -2.53. The quantitative estimate of drug-likeness (QED) is 0.519. The molecule has 1 aromatic heterocycles. The maximum Gasteiger partial charge on any atom is 0.334 e. The van der Waals surface area contributed by atoms with E-state index in [0.29, 0.717) is 30.4 Å². The van der Waals surface area contributed by atoms with Gasteiger partial charge in [0.25, 0.3) is 0 Å². The number of furan rings is 1. The summed E-state index contributed by atoms with van der Waals surface area (Å²) in [5.74, 6) is -2.52. The van der Waals surface area contributed by atoms with Crippen LogP contribution < -0.4 is 0 Å². The lowest BCUT2D eigenvalue weighted by molar-refractivity contribution is -0.196. The zero-order valence-corrected chi connectivity index (χ0v) is 19.6. The highest BCUT2D eigenvalue weighted by Gasteiger charge is 2.62. The number of carboxylic acids is 1. The van der Waals surface area contributed by atoms with Gasteiger partial charge in [-0.3, -0.25) is 4.79 Å². The van der Waals surface area contributed by atoms with Crippen LogP contribution in [0.2, 0.25) is 0 Å². The third-order valence-electron chi connectivity index (χ3n) is 7.34. The Hall–Kier alpha value is -2.83. The van der Waals surface area contributed by atoms with Gasteiger partial charge in [0.2, 0.25) is 0 Å². The van der Waals surface area contributed by atoms with Gasteiger partial charge in [-0.05, 0) is 58.9 Å². The molecule has 0 amide bonds. The van der Waals surface area contributed by atoms with Crippen molar-refractivity contribution >= 4 is 17.9 Å². The topological polar surface area (TPSA) is 103 Å². The van der Waals surface area contributed by atoms with Crippen molar-refractivity contribution in [3.63, 3.8) is 0 Å². The number of hydrogen-bond donors (Lipinski definition) is 1. The van der Waals surface area contributed by atoms with E-state index < -0.39 is 41.4 Å². The van der Waals surface area contributed by atoms with Gasteiger partial charge in [0.05, 0.1) is 6.26 Å². The number of esters is 2. The Bertz CT molecular complexity index is 982. The first-order valence-electron chi connectivity index (χ1n) is 11.0. The number of ether oxygens (including phenoxy) is 2. The third kappa shape index (κ3) is 3.89. The molecule has 1 aromatic rings. The van der Waals surface area contributed by atoms with Gasteiger partial charge in [-0.1, -0.05) is 19.1 Å². The molecule has 1 N–H and O–H groups in total. The molecule has 2 aliphatic rings. The summed E-state index contributed by atoms with van der Waals surface area (Å²) in [7, 11) is 0. The highest BCUT2D eigenvalue weighted by atomic mass is 16.6. The van der Waals surface area contributed by atoms with E-state index in [1.54, 1.807) is 46.1 Å². The molecule has 1 fully saturated rings. The Kier molecular flexibility index (Phi) is 6.67. The molecule has 0 bridgehead atoms. The molecule has 0 saturated heterocycles. The van der Waals surface area contributed by atoms with Gasteiger partial charge in [-0.25, -0.2) is 9.59 Å². The summed E-state index contributed by atoms with van der Waals surface area (Å²) < 4.78 is 17.5. The fourth-order valence-corrected chi connectivity index (χ4v) is 5.15. The highest BCUT2D eigenvalue weighted by Crippen LogP contribution is 2.60. The molecule has 0 radical (unpaired) electrons. The number of aryl methyl sites for hydroxylation is 1. The zero-order valence-electron chi connectivity index (χ0n) is 19.6. The molecular weight excluding hydrogens is 412 g/mol. The van der Waals surface area contributed by atoms with Crippen LogP contribution >= 0.6 is 0 Å². The molecule has 7 nitrogen and oxygen atoms in total. The zero-order chi connectivity index (χ0) is 23.8. The van der Waals surface area contributed by atoms with Crippen molar-refractivity contribution in [3.05, 3.63) is 46.4 Å². The normalized spacial score (nSPS) is 30.2. The predicted octanol–water partition coefficient (Wildman–Crippen LogP) is 4.69. The van der Waals surface area contributed by atoms with Crippen molar-refractivity contribution in [2.75, 3.05) is 0 Å². The van der Waals surface area contributed by atoms with Crippen LogP contribution in [0.4, 0.5) is 0 Å². The molecule has 1 heterocycles. The molecular formula is C25H32O7. The minimum Gasteiger partial charge on any atom is -0.481 e. The summed E-state index contributed by atoms with van der Waals surface area (Å²) in [4.78, 5) is 37.9. The minimum atomic E-state index is -1.07. The summed E-state index contributed by atoms with van der Waals surface area (Å²) in [5, 5.41) is 10.3. The number of aliphatic carboxylic acids is 1. The van der Waals surface area contributed by atoms with E-state index in [2.05, 4.69) is 0 Å². The van der Waals surface area contributed by atoms with Crippen LogP contribution in [0.25, 0.3) is 0 Å². The molecule has 0 aliphatic heterocycles. The van der Waals surface area contributed by atoms with Gasteiger partial charge < -0.3 is 19.0 Å². The smallest absolute Gasteiger partial charge is 0.334 e. The van der Waals surface area contributed by atoms with Crippen LogP contribution in [0.15, 0.2) is 34.0 Å². The van der Waals surface area contributed by atoms with Crippen LogP contribution in [0, 0.1) is 24.2 Å². The highest BCUT2D eigenvalue weighted by molar-refractivity contribution is 5.88. The monoisotopic (exact) mass is 444 g/mol. The number of hydrogen-bond acceptors (Lipinski definition) is 6. The van der Waals surface area contributed by atoms with Gasteiger partial charge in [0.1, 0.15) is 23.9 Å². The van der Waals surface area contributed by atoms with E-state index in [1.165, 1.54) is 0 Å². The number of rotatable bonds is 5. The molecule has 174 valence electrons.